The average Bonchev–Trinajstić information content (AvgIpc) is 3.40. The number of oxime groups is 1. The quantitative estimate of drug-likeness (QED) is 0.200. The molecule has 2 aromatic carbocycles. The third-order valence-corrected chi connectivity index (χ3v) is 6.13. The van der Waals surface area contributed by atoms with Gasteiger partial charge in [0.15, 0.2) is 0 Å². The van der Waals surface area contributed by atoms with Gasteiger partial charge in [-0.15, -0.1) is 11.3 Å². The van der Waals surface area contributed by atoms with Gasteiger partial charge in [0.1, 0.15) is 12.8 Å². The van der Waals surface area contributed by atoms with Crippen molar-refractivity contribution in [3.05, 3.63) is 75.2 Å². The zero-order valence-electron chi connectivity index (χ0n) is 20.6. The Kier molecular flexibility index (Phi) is 11.2. The van der Waals surface area contributed by atoms with Crippen LogP contribution in [0, 0.1) is 6.92 Å². The van der Waals surface area contributed by atoms with Gasteiger partial charge in [-0.1, -0.05) is 82.1 Å². The summed E-state index contributed by atoms with van der Waals surface area (Å²) in [7, 11) is 1.62. The highest BCUT2D eigenvalue weighted by Gasteiger charge is 2.25. The van der Waals surface area contributed by atoms with Gasteiger partial charge in [0, 0.05) is 16.5 Å². The van der Waals surface area contributed by atoms with Crippen LogP contribution in [0.25, 0.3) is 11.1 Å². The number of thiazole rings is 1. The number of aryl methyl sites for hydroxylation is 3. The zero-order chi connectivity index (χ0) is 23.3. The SMILES string of the molecule is CC.CC.CO/N=C1/c2ccccc2-c2ccc(CCCCCCc3csc(C)n3)cc21. The molecule has 0 unspecified atom stereocenters. The fourth-order valence-corrected chi connectivity index (χ4v) is 4.60. The summed E-state index contributed by atoms with van der Waals surface area (Å²) in [5.41, 5.74) is 8.45. The van der Waals surface area contributed by atoms with Crippen LogP contribution >= 0.6 is 11.3 Å². The predicted octanol–water partition coefficient (Wildman–Crippen LogP) is 8.23. The Hall–Kier alpha value is -2.46. The van der Waals surface area contributed by atoms with E-state index in [2.05, 4.69) is 64.9 Å². The van der Waals surface area contributed by atoms with E-state index in [-0.39, 0.29) is 0 Å². The molecule has 0 N–H and O–H groups in total. The second-order valence-electron chi connectivity index (χ2n) is 7.32. The number of hydrogen-bond acceptors (Lipinski definition) is 4. The highest BCUT2D eigenvalue weighted by atomic mass is 32.1. The van der Waals surface area contributed by atoms with Gasteiger partial charge in [-0.2, -0.15) is 0 Å². The molecule has 0 atom stereocenters. The van der Waals surface area contributed by atoms with Crippen molar-refractivity contribution in [2.24, 2.45) is 5.16 Å². The Labute approximate surface area is 198 Å². The van der Waals surface area contributed by atoms with Gasteiger partial charge in [-0.05, 0) is 55.4 Å². The molecule has 1 aromatic heterocycles. The van der Waals surface area contributed by atoms with E-state index >= 15 is 0 Å². The van der Waals surface area contributed by atoms with Crippen LogP contribution in [-0.4, -0.2) is 17.8 Å². The lowest BCUT2D eigenvalue weighted by atomic mass is 9.99. The Bertz CT molecular complexity index is 991. The Morgan fingerprint density at radius 2 is 1.47 bits per heavy atom. The molecular formula is C28H38N2OS. The third-order valence-electron chi connectivity index (χ3n) is 5.31. The first-order valence-corrected chi connectivity index (χ1v) is 12.9. The summed E-state index contributed by atoms with van der Waals surface area (Å²) in [5.74, 6) is 0. The fourth-order valence-electron chi connectivity index (χ4n) is 3.95. The number of nitrogens with zero attached hydrogens (tertiary/aromatic N) is 2. The molecule has 32 heavy (non-hydrogen) atoms. The number of benzene rings is 2. The molecule has 3 aromatic rings. The lowest BCUT2D eigenvalue weighted by Gasteiger charge is -2.06. The fraction of sp³-hybridized carbons (Fsp3) is 0.429. The molecule has 3 nitrogen and oxygen atoms in total. The predicted molar refractivity (Wildman–Crippen MR) is 140 cm³/mol. The molecule has 172 valence electrons. The van der Waals surface area contributed by atoms with E-state index in [1.807, 2.05) is 27.7 Å². The van der Waals surface area contributed by atoms with E-state index in [9.17, 15) is 0 Å². The van der Waals surface area contributed by atoms with Crippen LogP contribution in [0.3, 0.4) is 0 Å². The monoisotopic (exact) mass is 450 g/mol. The van der Waals surface area contributed by atoms with Gasteiger partial charge >= 0.3 is 0 Å². The third kappa shape index (κ3) is 6.52. The van der Waals surface area contributed by atoms with E-state index in [1.54, 1.807) is 18.4 Å². The van der Waals surface area contributed by atoms with Crippen LogP contribution in [0.5, 0.6) is 0 Å². The molecule has 0 saturated carbocycles. The number of unbranched alkanes of at least 4 members (excludes halogenated alkanes) is 3. The van der Waals surface area contributed by atoms with Crippen LogP contribution in [-0.2, 0) is 17.7 Å². The van der Waals surface area contributed by atoms with Crippen LogP contribution < -0.4 is 0 Å². The highest BCUT2D eigenvalue weighted by Crippen LogP contribution is 2.37. The Morgan fingerprint density at radius 3 is 2.12 bits per heavy atom. The van der Waals surface area contributed by atoms with Gasteiger partial charge in [0.05, 0.1) is 10.7 Å². The van der Waals surface area contributed by atoms with Crippen LogP contribution in [0.1, 0.15) is 80.8 Å². The van der Waals surface area contributed by atoms with Crippen molar-refractivity contribution >= 4 is 17.0 Å². The van der Waals surface area contributed by atoms with Crippen LogP contribution in [0.2, 0.25) is 0 Å². The first-order chi connectivity index (χ1) is 15.8. The highest BCUT2D eigenvalue weighted by molar-refractivity contribution is 7.09. The number of rotatable bonds is 8. The van der Waals surface area contributed by atoms with E-state index in [0.29, 0.717) is 0 Å². The van der Waals surface area contributed by atoms with Crippen LogP contribution in [0.15, 0.2) is 53.0 Å². The normalized spacial score (nSPS) is 12.2. The molecule has 0 radical (unpaired) electrons. The Morgan fingerprint density at radius 1 is 0.812 bits per heavy atom. The molecule has 0 saturated heterocycles. The molecule has 1 aliphatic rings. The van der Waals surface area contributed by atoms with Crippen molar-refractivity contribution in [3.8, 4) is 11.1 Å². The van der Waals surface area contributed by atoms with Crippen molar-refractivity contribution in [2.45, 2.75) is 73.1 Å². The summed E-state index contributed by atoms with van der Waals surface area (Å²) in [4.78, 5) is 9.67. The van der Waals surface area contributed by atoms with Gasteiger partial charge in [0.2, 0.25) is 0 Å². The molecule has 0 fully saturated rings. The molecule has 1 aliphatic carbocycles. The largest absolute Gasteiger partial charge is 0.399 e. The van der Waals surface area contributed by atoms with Gasteiger partial charge in [-0.25, -0.2) is 4.98 Å². The first kappa shape index (κ1) is 25.8. The van der Waals surface area contributed by atoms with Crippen molar-refractivity contribution in [1.29, 1.82) is 0 Å². The smallest absolute Gasteiger partial charge is 0.118 e. The minimum atomic E-state index is 0.952. The standard InChI is InChI=1S/C24H26N2OS.2C2H6/c1-17-25-19(16-28-17)10-6-4-3-5-9-18-13-14-21-20-11-7-8-12-22(20)24(26-27-2)23(21)15-18;2*1-2/h7-8,11-16H,3-6,9-10H2,1-2H3;2*1-2H3/b26-24-;;. The Balaban J connectivity index is 0.000000860. The molecule has 0 bridgehead atoms. The number of fused-ring (bicyclic) bond motifs is 3. The average molecular weight is 451 g/mol. The summed E-state index contributed by atoms with van der Waals surface area (Å²) >= 11 is 1.75. The summed E-state index contributed by atoms with van der Waals surface area (Å²) in [6.07, 6.45) is 7.20. The number of aromatic nitrogens is 1. The van der Waals surface area contributed by atoms with E-state index in [1.165, 1.54) is 58.6 Å². The second-order valence-corrected chi connectivity index (χ2v) is 8.38. The molecule has 0 spiro atoms. The maximum absolute atomic E-state index is 5.13. The maximum Gasteiger partial charge on any atom is 0.118 e. The van der Waals surface area contributed by atoms with Crippen molar-refractivity contribution in [1.82, 2.24) is 4.98 Å². The lowest BCUT2D eigenvalue weighted by molar-refractivity contribution is 0.214. The summed E-state index contributed by atoms with van der Waals surface area (Å²) in [5, 5.41) is 7.67. The molecule has 0 aliphatic heterocycles. The second kappa shape index (κ2) is 13.8. The van der Waals surface area contributed by atoms with Crippen molar-refractivity contribution in [2.75, 3.05) is 7.11 Å². The van der Waals surface area contributed by atoms with Crippen LogP contribution in [0.4, 0.5) is 0 Å². The minimum absolute atomic E-state index is 0.952. The van der Waals surface area contributed by atoms with Crippen molar-refractivity contribution < 1.29 is 4.84 Å². The van der Waals surface area contributed by atoms with E-state index in [0.717, 1.165) is 24.1 Å². The first-order valence-electron chi connectivity index (χ1n) is 12.0. The molecule has 0 amide bonds. The zero-order valence-corrected chi connectivity index (χ0v) is 21.4. The minimum Gasteiger partial charge on any atom is -0.399 e. The summed E-state index contributed by atoms with van der Waals surface area (Å²) < 4.78 is 0. The maximum atomic E-state index is 5.13. The molecule has 1 heterocycles. The summed E-state index contributed by atoms with van der Waals surface area (Å²) in [6, 6.07) is 15.2. The van der Waals surface area contributed by atoms with Gasteiger partial charge < -0.3 is 4.84 Å². The number of hydrogen-bond donors (Lipinski definition) is 0. The molecule has 4 rings (SSSR count). The molecular weight excluding hydrogens is 412 g/mol. The van der Waals surface area contributed by atoms with E-state index in [4.69, 9.17) is 4.84 Å². The van der Waals surface area contributed by atoms with E-state index < -0.39 is 0 Å². The van der Waals surface area contributed by atoms with Gasteiger partial charge in [-0.3, -0.25) is 0 Å². The van der Waals surface area contributed by atoms with Gasteiger partial charge in [0.25, 0.3) is 0 Å². The van der Waals surface area contributed by atoms with Crippen molar-refractivity contribution in [3.63, 3.8) is 0 Å². The summed E-state index contributed by atoms with van der Waals surface area (Å²) in [6.45, 7) is 10.1. The lowest BCUT2D eigenvalue weighted by Crippen LogP contribution is -2.00. The topological polar surface area (TPSA) is 34.5 Å². The molecule has 4 heteroatoms.